The van der Waals surface area contributed by atoms with Crippen molar-refractivity contribution in [1.29, 1.82) is 0 Å². The van der Waals surface area contributed by atoms with E-state index < -0.39 is 22.0 Å². The van der Waals surface area contributed by atoms with Crippen LogP contribution in [0.5, 0.6) is 0 Å². The van der Waals surface area contributed by atoms with Gasteiger partial charge in [0.2, 0.25) is 10.0 Å². The third kappa shape index (κ3) is 3.46. The van der Waals surface area contributed by atoms with Crippen LogP contribution in [-0.4, -0.2) is 52.7 Å². The van der Waals surface area contributed by atoms with Crippen LogP contribution in [0.3, 0.4) is 0 Å². The average molecular weight is 412 g/mol. The summed E-state index contributed by atoms with van der Waals surface area (Å²) in [5.74, 6) is -1.94. The molecule has 2 atom stereocenters. The molecule has 1 fully saturated rings. The van der Waals surface area contributed by atoms with Gasteiger partial charge >= 0.3 is 6.18 Å². The summed E-state index contributed by atoms with van der Waals surface area (Å²) in [5, 5.41) is 1.73. The third-order valence-electron chi connectivity index (χ3n) is 5.38. The lowest BCUT2D eigenvalue weighted by molar-refractivity contribution is -0.107. The van der Waals surface area contributed by atoms with E-state index in [0.29, 0.717) is 12.1 Å². The van der Waals surface area contributed by atoms with Gasteiger partial charge in [0, 0.05) is 42.2 Å². The molecule has 1 saturated heterocycles. The van der Waals surface area contributed by atoms with Gasteiger partial charge in [0.05, 0.1) is 11.7 Å². The van der Waals surface area contributed by atoms with Gasteiger partial charge in [0.15, 0.2) is 11.4 Å². The summed E-state index contributed by atoms with van der Waals surface area (Å²) < 4.78 is 63.8. The van der Waals surface area contributed by atoms with Gasteiger partial charge in [-0.15, -0.1) is 0 Å². The topological polar surface area (TPSA) is 79.0 Å². The van der Waals surface area contributed by atoms with Crippen LogP contribution in [0, 0.1) is 5.92 Å². The summed E-state index contributed by atoms with van der Waals surface area (Å²) in [6, 6.07) is 3.71. The molecule has 0 aliphatic carbocycles. The predicted molar refractivity (Wildman–Crippen MR) is 99.3 cm³/mol. The summed E-state index contributed by atoms with van der Waals surface area (Å²) in [6.45, 7) is 2.13. The van der Waals surface area contributed by atoms with Gasteiger partial charge in [-0.1, -0.05) is 6.92 Å². The highest BCUT2D eigenvalue weighted by molar-refractivity contribution is 7.89. The number of fused-ring (bicyclic) bond motifs is 3. The summed E-state index contributed by atoms with van der Waals surface area (Å²) in [7, 11) is -4.41. The van der Waals surface area contributed by atoms with E-state index in [1.807, 2.05) is 19.1 Å². The molecular formula is C18H19F3N4O2S. The molecule has 0 saturated carbocycles. The number of aromatic amines is 1. The van der Waals surface area contributed by atoms with Gasteiger partial charge in [-0.05, 0) is 30.0 Å². The number of hydrogen-bond acceptors (Lipinski definition) is 4. The molecule has 0 bridgehead atoms. The van der Waals surface area contributed by atoms with Crippen molar-refractivity contribution >= 4 is 32.0 Å². The van der Waals surface area contributed by atoms with Gasteiger partial charge in [0.1, 0.15) is 0 Å². The summed E-state index contributed by atoms with van der Waals surface area (Å²) >= 11 is 0. The first-order valence-electron chi connectivity index (χ1n) is 8.91. The Hall–Kier alpha value is -2.20. The smallest absolute Gasteiger partial charge is 0.360 e. The minimum absolute atomic E-state index is 0.0245. The molecule has 150 valence electrons. The van der Waals surface area contributed by atoms with Crippen LogP contribution in [0.15, 0.2) is 30.7 Å². The minimum Gasteiger partial charge on any atom is -0.360 e. The van der Waals surface area contributed by atoms with Crippen LogP contribution in [0.2, 0.25) is 0 Å². The molecule has 3 aromatic rings. The van der Waals surface area contributed by atoms with Gasteiger partial charge in [-0.25, -0.2) is 22.7 Å². The van der Waals surface area contributed by atoms with Crippen molar-refractivity contribution < 1.29 is 21.6 Å². The Morgan fingerprint density at radius 2 is 2.07 bits per heavy atom. The fourth-order valence-corrected chi connectivity index (χ4v) is 5.36. The fraction of sp³-hybridized carbons (Fsp3) is 0.444. The maximum absolute atomic E-state index is 12.7. The zero-order valence-electron chi connectivity index (χ0n) is 15.1. The van der Waals surface area contributed by atoms with Crippen LogP contribution in [-0.2, 0) is 10.0 Å². The van der Waals surface area contributed by atoms with E-state index in [2.05, 4.69) is 15.0 Å². The molecule has 0 aromatic carbocycles. The Morgan fingerprint density at radius 3 is 2.82 bits per heavy atom. The lowest BCUT2D eigenvalue weighted by Crippen LogP contribution is -2.45. The number of halogens is 3. The van der Waals surface area contributed by atoms with Crippen molar-refractivity contribution in [2.45, 2.75) is 25.4 Å². The number of nitrogens with one attached hydrogen (secondary N) is 1. The second kappa shape index (κ2) is 6.70. The molecule has 1 aliphatic heterocycles. The number of alkyl halides is 3. The Bertz CT molecular complexity index is 1130. The van der Waals surface area contributed by atoms with Gasteiger partial charge in [0.25, 0.3) is 0 Å². The zero-order valence-corrected chi connectivity index (χ0v) is 15.9. The largest absolute Gasteiger partial charge is 0.404 e. The Morgan fingerprint density at radius 1 is 1.29 bits per heavy atom. The molecule has 28 heavy (non-hydrogen) atoms. The third-order valence-corrected chi connectivity index (χ3v) is 7.19. The number of hydrogen-bond donors (Lipinski definition) is 1. The van der Waals surface area contributed by atoms with Crippen molar-refractivity contribution in [3.8, 4) is 0 Å². The molecule has 6 nitrogen and oxygen atoms in total. The maximum atomic E-state index is 12.7. The molecule has 0 spiro atoms. The van der Waals surface area contributed by atoms with E-state index in [0.717, 1.165) is 26.2 Å². The molecule has 2 unspecified atom stereocenters. The standard InChI is InChI=1S/C18H19F3N4O2S/c1-11-4-7-25(28(26,27)10-18(19,20)21)9-14(11)12-2-5-22-15-8-24-17-13(16(12)15)3-6-23-17/h2-3,5-6,8,11,14,22H,4,7,9-10H2,1H3. The van der Waals surface area contributed by atoms with Crippen molar-refractivity contribution in [3.63, 3.8) is 0 Å². The van der Waals surface area contributed by atoms with Gasteiger partial charge in [-0.3, -0.25) is 0 Å². The number of rotatable bonds is 3. The predicted octanol–water partition coefficient (Wildman–Crippen LogP) is 3.43. The Kier molecular flexibility index (Phi) is 4.58. The van der Waals surface area contributed by atoms with Crippen LogP contribution in [0.4, 0.5) is 13.2 Å². The Balaban J connectivity index is 1.77. The molecule has 0 amide bonds. The van der Waals surface area contributed by atoms with Crippen molar-refractivity contribution in [2.75, 3.05) is 18.8 Å². The normalized spacial score (nSPS) is 22.1. The number of pyridine rings is 2. The molecule has 3 aromatic heterocycles. The van der Waals surface area contributed by atoms with Gasteiger partial charge < -0.3 is 4.98 Å². The van der Waals surface area contributed by atoms with E-state index >= 15 is 0 Å². The first kappa shape index (κ1) is 19.1. The van der Waals surface area contributed by atoms with E-state index in [4.69, 9.17) is 0 Å². The van der Waals surface area contributed by atoms with Gasteiger partial charge in [-0.2, -0.15) is 13.2 Å². The molecule has 1 aliphatic rings. The average Bonchev–Trinajstić information content (AvgIpc) is 3.08. The highest BCUT2D eigenvalue weighted by Gasteiger charge is 2.41. The lowest BCUT2D eigenvalue weighted by atomic mass is 9.81. The highest BCUT2D eigenvalue weighted by Crippen LogP contribution is 2.38. The molecule has 1 N–H and O–H groups in total. The monoisotopic (exact) mass is 412 g/mol. The molecule has 4 rings (SSSR count). The Labute approximate surface area is 159 Å². The number of H-pyrrole nitrogens is 1. The summed E-state index contributed by atoms with van der Waals surface area (Å²) in [5.41, 5.74) is 2.26. The van der Waals surface area contributed by atoms with E-state index in [1.54, 1.807) is 18.6 Å². The quantitative estimate of drug-likeness (QED) is 0.715. The van der Waals surface area contributed by atoms with Crippen LogP contribution in [0.25, 0.3) is 21.9 Å². The molecular weight excluding hydrogens is 393 g/mol. The first-order valence-corrected chi connectivity index (χ1v) is 10.5. The number of nitrogens with zero attached hydrogens (tertiary/aromatic N) is 3. The van der Waals surface area contributed by atoms with Crippen LogP contribution < -0.4 is 0 Å². The van der Waals surface area contributed by atoms with Crippen LogP contribution >= 0.6 is 0 Å². The lowest BCUT2D eigenvalue weighted by Gasteiger charge is -2.37. The highest BCUT2D eigenvalue weighted by atomic mass is 32.2. The zero-order chi connectivity index (χ0) is 20.1. The van der Waals surface area contributed by atoms with E-state index in [1.165, 1.54) is 0 Å². The number of aromatic nitrogens is 3. The fourth-order valence-electron chi connectivity index (χ4n) is 3.99. The minimum atomic E-state index is -4.76. The number of piperidine rings is 1. The molecule has 4 heterocycles. The maximum Gasteiger partial charge on any atom is 0.404 e. The second-order valence-corrected chi connectivity index (χ2v) is 9.23. The first-order chi connectivity index (χ1) is 13.2. The number of sulfonamides is 1. The summed E-state index contributed by atoms with van der Waals surface area (Å²) in [6.07, 6.45) is 0.801. The van der Waals surface area contributed by atoms with E-state index in [-0.39, 0.29) is 24.9 Å². The SMILES string of the molecule is CC1CCN(S(=O)(=O)CC(F)(F)F)CC1c1cc[nH]c2cnc3nccc3c12. The summed E-state index contributed by atoms with van der Waals surface area (Å²) in [4.78, 5) is 11.6. The van der Waals surface area contributed by atoms with Crippen LogP contribution in [0.1, 0.15) is 24.8 Å². The van der Waals surface area contributed by atoms with E-state index in [9.17, 15) is 21.6 Å². The molecule has 0 radical (unpaired) electrons. The van der Waals surface area contributed by atoms with Crippen molar-refractivity contribution in [2.24, 2.45) is 5.92 Å². The second-order valence-electron chi connectivity index (χ2n) is 7.26. The molecule has 10 heteroatoms. The van der Waals surface area contributed by atoms with Crippen molar-refractivity contribution in [1.82, 2.24) is 19.3 Å². The van der Waals surface area contributed by atoms with Crippen molar-refractivity contribution in [3.05, 3.63) is 36.3 Å².